The van der Waals surface area contributed by atoms with E-state index in [4.69, 9.17) is 16.3 Å². The first-order valence-corrected chi connectivity index (χ1v) is 8.69. The van der Waals surface area contributed by atoms with E-state index >= 15 is 0 Å². The van der Waals surface area contributed by atoms with E-state index in [2.05, 4.69) is 4.57 Å². The second-order valence-corrected chi connectivity index (χ2v) is 6.51. The van der Waals surface area contributed by atoms with Gasteiger partial charge in [-0.05, 0) is 85.5 Å². The van der Waals surface area contributed by atoms with E-state index in [1.54, 1.807) is 7.11 Å². The molecule has 0 unspecified atom stereocenters. The van der Waals surface area contributed by atoms with Crippen LogP contribution < -0.4 is 9.84 Å². The summed E-state index contributed by atoms with van der Waals surface area (Å²) in [6.45, 7) is 1.99. The third kappa shape index (κ3) is 3.75. The number of hydrogen-bond donors (Lipinski definition) is 0. The van der Waals surface area contributed by atoms with Crippen molar-refractivity contribution >= 4 is 17.6 Å². The van der Waals surface area contributed by atoms with Gasteiger partial charge in [-0.3, -0.25) is 0 Å². The Labute approximate surface area is 157 Å². The van der Waals surface area contributed by atoms with Gasteiger partial charge < -0.3 is 19.2 Å². The molecule has 0 aliphatic carbocycles. The van der Waals surface area contributed by atoms with Gasteiger partial charge in [0, 0.05) is 22.4 Å². The molecule has 0 atom stereocenters. The fraction of sp³-hybridized carbons (Fsp3) is 0.190. The smallest absolute Gasteiger partial charge is 0.118 e. The molecule has 5 heteroatoms. The van der Waals surface area contributed by atoms with Crippen LogP contribution in [0.5, 0.6) is 5.75 Å². The van der Waals surface area contributed by atoms with Crippen molar-refractivity contribution in [2.75, 3.05) is 7.11 Å². The highest BCUT2D eigenvalue weighted by atomic mass is 35.5. The molecule has 0 saturated carbocycles. The zero-order chi connectivity index (χ0) is 18.7. The van der Waals surface area contributed by atoms with Gasteiger partial charge in [0.1, 0.15) is 5.75 Å². The SMILES string of the molecule is COc1ccc(-c2ccc(CCC(=O)[O-])n2-c2ccc(Cl)cc2C)cc1. The molecule has 0 N–H and O–H groups in total. The Morgan fingerprint density at radius 2 is 1.85 bits per heavy atom. The number of carboxylic acids is 1. The van der Waals surface area contributed by atoms with Gasteiger partial charge in [-0.25, -0.2) is 0 Å². The van der Waals surface area contributed by atoms with Crippen LogP contribution in [0.1, 0.15) is 17.7 Å². The molecule has 0 spiro atoms. The third-order valence-corrected chi connectivity index (χ3v) is 4.57. The van der Waals surface area contributed by atoms with Crippen molar-refractivity contribution in [3.05, 3.63) is 70.9 Å². The summed E-state index contributed by atoms with van der Waals surface area (Å²) in [4.78, 5) is 10.9. The number of hydrogen-bond acceptors (Lipinski definition) is 3. The predicted molar refractivity (Wildman–Crippen MR) is 101 cm³/mol. The van der Waals surface area contributed by atoms with Crippen LogP contribution in [-0.4, -0.2) is 17.6 Å². The lowest BCUT2D eigenvalue weighted by molar-refractivity contribution is -0.305. The molecule has 134 valence electrons. The van der Waals surface area contributed by atoms with Gasteiger partial charge in [0.15, 0.2) is 0 Å². The molecule has 0 fully saturated rings. The first-order chi connectivity index (χ1) is 12.5. The second-order valence-electron chi connectivity index (χ2n) is 6.08. The highest BCUT2D eigenvalue weighted by Crippen LogP contribution is 2.31. The number of rotatable bonds is 6. The molecule has 2 aromatic carbocycles. The van der Waals surface area contributed by atoms with Gasteiger partial charge in [0.25, 0.3) is 0 Å². The van der Waals surface area contributed by atoms with E-state index in [0.29, 0.717) is 11.4 Å². The summed E-state index contributed by atoms with van der Waals surface area (Å²) >= 11 is 6.10. The van der Waals surface area contributed by atoms with Crippen LogP contribution >= 0.6 is 11.6 Å². The van der Waals surface area contributed by atoms with E-state index in [-0.39, 0.29) is 6.42 Å². The number of benzene rings is 2. The standard InChI is InChI=1S/C21H20ClNO3/c1-14-13-16(22)5-10-19(14)23-17(7-12-21(24)25)6-11-20(23)15-3-8-18(26-2)9-4-15/h3-6,8-11,13H,7,12H2,1-2H3,(H,24,25)/p-1. The molecule has 0 aliphatic heterocycles. The van der Waals surface area contributed by atoms with Crippen LogP contribution in [0.4, 0.5) is 0 Å². The van der Waals surface area contributed by atoms with Crippen molar-refractivity contribution in [2.45, 2.75) is 19.8 Å². The Morgan fingerprint density at radius 1 is 1.12 bits per heavy atom. The highest BCUT2D eigenvalue weighted by molar-refractivity contribution is 6.30. The Hall–Kier alpha value is -2.72. The number of aryl methyl sites for hydroxylation is 2. The van der Waals surface area contributed by atoms with E-state index in [1.807, 2.05) is 61.5 Å². The minimum absolute atomic E-state index is 0.0291. The number of ether oxygens (including phenoxy) is 1. The molecule has 0 aliphatic rings. The molecule has 3 rings (SSSR count). The van der Waals surface area contributed by atoms with Gasteiger partial charge >= 0.3 is 0 Å². The highest BCUT2D eigenvalue weighted by Gasteiger charge is 2.14. The summed E-state index contributed by atoms with van der Waals surface area (Å²) in [6, 6.07) is 17.4. The molecular formula is C21H19ClNO3-. The van der Waals surface area contributed by atoms with Crippen molar-refractivity contribution in [1.29, 1.82) is 0 Å². The molecule has 0 amide bonds. The number of aliphatic carboxylic acids is 1. The summed E-state index contributed by atoms with van der Waals surface area (Å²) in [6.07, 6.45) is 0.360. The molecule has 26 heavy (non-hydrogen) atoms. The van der Waals surface area contributed by atoms with Crippen LogP contribution in [0.15, 0.2) is 54.6 Å². The number of nitrogens with zero attached hydrogens (tertiary/aromatic N) is 1. The minimum atomic E-state index is -1.06. The molecule has 1 aromatic heterocycles. The van der Waals surface area contributed by atoms with Crippen molar-refractivity contribution in [3.8, 4) is 22.7 Å². The summed E-state index contributed by atoms with van der Waals surface area (Å²) in [5.41, 5.74) is 4.88. The molecule has 0 bridgehead atoms. The topological polar surface area (TPSA) is 54.3 Å². The first-order valence-electron chi connectivity index (χ1n) is 8.31. The normalized spacial score (nSPS) is 10.7. The maximum absolute atomic E-state index is 10.9. The lowest BCUT2D eigenvalue weighted by Crippen LogP contribution is -2.22. The fourth-order valence-electron chi connectivity index (χ4n) is 3.05. The zero-order valence-corrected chi connectivity index (χ0v) is 15.4. The molecule has 0 saturated heterocycles. The lowest BCUT2D eigenvalue weighted by Gasteiger charge is -2.17. The van der Waals surface area contributed by atoms with Gasteiger partial charge in [-0.15, -0.1) is 0 Å². The molecule has 3 aromatic rings. The van der Waals surface area contributed by atoms with E-state index < -0.39 is 5.97 Å². The van der Waals surface area contributed by atoms with Crippen LogP contribution in [0, 0.1) is 6.92 Å². The Bertz CT molecular complexity index is 929. The van der Waals surface area contributed by atoms with E-state index in [9.17, 15) is 9.90 Å². The van der Waals surface area contributed by atoms with Crippen LogP contribution in [0.2, 0.25) is 5.02 Å². The molecular weight excluding hydrogens is 350 g/mol. The number of aromatic nitrogens is 1. The Balaban J connectivity index is 2.13. The van der Waals surface area contributed by atoms with Gasteiger partial charge in [-0.1, -0.05) is 11.6 Å². The monoisotopic (exact) mass is 368 g/mol. The van der Waals surface area contributed by atoms with E-state index in [0.717, 1.165) is 34.0 Å². The minimum Gasteiger partial charge on any atom is -0.550 e. The van der Waals surface area contributed by atoms with Gasteiger partial charge in [0.2, 0.25) is 0 Å². The quantitative estimate of drug-likeness (QED) is 0.665. The summed E-state index contributed by atoms with van der Waals surface area (Å²) < 4.78 is 7.31. The summed E-state index contributed by atoms with van der Waals surface area (Å²) in [5.74, 6) is -0.275. The first kappa shape index (κ1) is 18.1. The number of halogens is 1. The number of carbonyl (C=O) groups is 1. The lowest BCUT2D eigenvalue weighted by atomic mass is 10.1. The van der Waals surface area contributed by atoms with Crippen molar-refractivity contribution in [1.82, 2.24) is 4.57 Å². The van der Waals surface area contributed by atoms with Gasteiger partial charge in [0.05, 0.1) is 12.8 Å². The predicted octanol–water partition coefficient (Wildman–Crippen LogP) is 3.80. The fourth-order valence-corrected chi connectivity index (χ4v) is 3.27. The number of carboxylic acid groups (broad SMARTS) is 1. The van der Waals surface area contributed by atoms with Crippen molar-refractivity contribution in [3.63, 3.8) is 0 Å². The molecule has 4 nitrogen and oxygen atoms in total. The third-order valence-electron chi connectivity index (χ3n) is 4.33. The Kier molecular flexibility index (Phi) is 5.33. The van der Waals surface area contributed by atoms with Crippen molar-refractivity contribution in [2.24, 2.45) is 0 Å². The number of carbonyl (C=O) groups excluding carboxylic acids is 1. The van der Waals surface area contributed by atoms with E-state index in [1.165, 1.54) is 0 Å². The average Bonchev–Trinajstić information content (AvgIpc) is 3.03. The van der Waals surface area contributed by atoms with Crippen LogP contribution in [0.25, 0.3) is 16.9 Å². The Morgan fingerprint density at radius 3 is 2.46 bits per heavy atom. The number of methoxy groups -OCH3 is 1. The van der Waals surface area contributed by atoms with Crippen LogP contribution in [-0.2, 0) is 11.2 Å². The maximum atomic E-state index is 10.9. The molecule has 0 radical (unpaired) electrons. The van der Waals surface area contributed by atoms with Crippen LogP contribution in [0.3, 0.4) is 0 Å². The van der Waals surface area contributed by atoms with Crippen molar-refractivity contribution < 1.29 is 14.6 Å². The summed E-state index contributed by atoms with van der Waals surface area (Å²) in [5, 5.41) is 11.6. The maximum Gasteiger partial charge on any atom is 0.118 e. The van der Waals surface area contributed by atoms with Gasteiger partial charge in [-0.2, -0.15) is 0 Å². The zero-order valence-electron chi connectivity index (χ0n) is 14.7. The average molecular weight is 369 g/mol. The molecule has 1 heterocycles. The largest absolute Gasteiger partial charge is 0.550 e. The summed E-state index contributed by atoms with van der Waals surface area (Å²) in [7, 11) is 1.63. The second kappa shape index (κ2) is 7.67.